The van der Waals surface area contributed by atoms with E-state index in [0.29, 0.717) is 0 Å². The van der Waals surface area contributed by atoms with Gasteiger partial charge in [-0.1, -0.05) is 37.3 Å². The van der Waals surface area contributed by atoms with Crippen LogP contribution >= 0.6 is 23.2 Å². The minimum absolute atomic E-state index is 0.0680. The molecular weight excluding hydrogens is 255 g/mol. The van der Waals surface area contributed by atoms with Crippen molar-refractivity contribution < 1.29 is 0 Å². The molecule has 0 spiro atoms. The largest absolute Gasteiger partial charge is 0.111 e. The molecule has 16 heavy (non-hydrogen) atoms. The van der Waals surface area contributed by atoms with Crippen LogP contribution in [0.4, 0.5) is 0 Å². The quantitative estimate of drug-likeness (QED) is 0.565. The van der Waals surface area contributed by atoms with Gasteiger partial charge >= 0.3 is 0 Å². The highest BCUT2D eigenvalue weighted by atomic mass is 35.5. The molecule has 1 unspecified atom stereocenters. The summed E-state index contributed by atoms with van der Waals surface area (Å²) in [6.45, 7) is 8.09. The highest BCUT2D eigenvalue weighted by molar-refractivity contribution is 6.47. The van der Waals surface area contributed by atoms with Crippen LogP contribution in [0.2, 0.25) is 0 Å². The van der Waals surface area contributed by atoms with Gasteiger partial charge in [-0.05, 0) is 30.0 Å². The third-order valence-corrected chi connectivity index (χ3v) is 4.14. The van der Waals surface area contributed by atoms with Gasteiger partial charge in [0.15, 0.2) is 0 Å². The Morgan fingerprint density at radius 1 is 1.44 bits per heavy atom. The number of rotatable bonds is 4. The zero-order valence-corrected chi connectivity index (χ0v) is 12.1. The predicted molar refractivity (Wildman–Crippen MR) is 74.5 cm³/mol. The number of hydrogen-bond donors (Lipinski definition) is 0. The molecule has 85 valence electrons. The van der Waals surface area contributed by atoms with Crippen molar-refractivity contribution in [2.45, 2.75) is 30.6 Å². The summed E-state index contributed by atoms with van der Waals surface area (Å²) < 4.78 is 0. The van der Waals surface area contributed by atoms with E-state index in [1.807, 2.05) is 6.92 Å². The van der Waals surface area contributed by atoms with E-state index in [1.54, 1.807) is 0 Å². The average Bonchev–Trinajstić information content (AvgIpc) is 2.26. The average molecular weight is 270 g/mol. The molecule has 0 aliphatic heterocycles. The molecule has 3 radical (unpaired) electrons. The monoisotopic (exact) mass is 269 g/mol. The van der Waals surface area contributed by atoms with Crippen molar-refractivity contribution >= 4 is 39.0 Å². The summed E-state index contributed by atoms with van der Waals surface area (Å²) in [5.74, 6) is 0. The Balaban J connectivity index is 3.25. The highest BCUT2D eigenvalue weighted by Gasteiger charge is 2.17. The van der Waals surface area contributed by atoms with E-state index in [0.717, 1.165) is 23.1 Å². The van der Waals surface area contributed by atoms with Gasteiger partial charge in [0.2, 0.25) is 0 Å². The first kappa shape index (κ1) is 13.8. The van der Waals surface area contributed by atoms with Crippen molar-refractivity contribution in [3.63, 3.8) is 0 Å². The summed E-state index contributed by atoms with van der Waals surface area (Å²) in [5, 5.41) is 0. The van der Waals surface area contributed by atoms with Crippen LogP contribution < -0.4 is 0 Å². The Bertz CT molecular complexity index is 386. The van der Waals surface area contributed by atoms with Crippen LogP contribution in [-0.2, 0) is 6.42 Å². The van der Waals surface area contributed by atoms with Crippen molar-refractivity contribution in [1.29, 1.82) is 0 Å². The minimum Gasteiger partial charge on any atom is -0.105 e. The Morgan fingerprint density at radius 2 is 2.06 bits per heavy atom. The molecule has 0 saturated carbocycles. The third kappa shape index (κ3) is 3.13. The van der Waals surface area contributed by atoms with Gasteiger partial charge in [0.25, 0.3) is 0 Å². The highest BCUT2D eigenvalue weighted by Crippen LogP contribution is 2.30. The zero-order chi connectivity index (χ0) is 12.3. The summed E-state index contributed by atoms with van der Waals surface area (Å²) in [4.78, 5) is -0.470. The molecule has 0 aliphatic rings. The summed E-state index contributed by atoms with van der Waals surface area (Å²) >= 11 is 11.8. The topological polar surface area (TPSA) is 0 Å². The van der Waals surface area contributed by atoms with Crippen LogP contribution in [-0.4, -0.2) is 15.1 Å². The van der Waals surface area contributed by atoms with Crippen LogP contribution in [0.3, 0.4) is 0 Å². The third-order valence-electron chi connectivity index (χ3n) is 2.57. The lowest BCUT2D eigenvalue weighted by Crippen LogP contribution is -2.10. The van der Waals surface area contributed by atoms with Gasteiger partial charge < -0.3 is 0 Å². The van der Waals surface area contributed by atoms with Crippen molar-refractivity contribution in [3.05, 3.63) is 41.5 Å². The predicted octanol–water partition coefficient (Wildman–Crippen LogP) is 4.30. The van der Waals surface area contributed by atoms with Crippen LogP contribution in [0.15, 0.2) is 24.8 Å². The normalized spacial score (nSPS) is 12.9. The van der Waals surface area contributed by atoms with Gasteiger partial charge in [0.1, 0.15) is 4.84 Å². The van der Waals surface area contributed by atoms with Gasteiger partial charge in [-0.15, -0.1) is 23.2 Å². The Morgan fingerprint density at radius 3 is 2.50 bits per heavy atom. The molecule has 0 bridgehead atoms. The van der Waals surface area contributed by atoms with Gasteiger partial charge in [-0.25, -0.2) is 0 Å². The molecule has 1 aromatic rings. The first-order valence-corrected chi connectivity index (χ1v) is 6.70. The molecule has 0 N–H and O–H groups in total. The fraction of sp³-hybridized carbons (Fsp3) is 0.385. The molecule has 0 amide bonds. The molecule has 0 fully saturated rings. The number of hydrogen-bond acceptors (Lipinski definition) is 0. The Labute approximate surface area is 111 Å². The van der Waals surface area contributed by atoms with Gasteiger partial charge in [0.05, 0.1) is 0 Å². The minimum atomic E-state index is -0.470. The molecule has 0 heterocycles. The van der Waals surface area contributed by atoms with Crippen molar-refractivity contribution in [3.8, 4) is 0 Å². The molecule has 0 aromatic heterocycles. The fourth-order valence-corrected chi connectivity index (χ4v) is 2.12. The summed E-state index contributed by atoms with van der Waals surface area (Å²) in [5.41, 5.74) is 4.45. The number of alkyl halides is 2. The van der Waals surface area contributed by atoms with Crippen LogP contribution in [0.25, 0.3) is 5.57 Å². The van der Waals surface area contributed by atoms with Gasteiger partial charge in [0, 0.05) is 15.8 Å². The van der Waals surface area contributed by atoms with E-state index in [-0.39, 0.29) is 5.54 Å². The van der Waals surface area contributed by atoms with Crippen LogP contribution in [0.5, 0.6) is 0 Å². The first-order valence-electron chi connectivity index (χ1n) is 5.25. The van der Waals surface area contributed by atoms with E-state index in [2.05, 4.69) is 41.9 Å². The van der Waals surface area contributed by atoms with Crippen molar-refractivity contribution in [2.75, 3.05) is 0 Å². The molecule has 0 nitrogen and oxygen atoms in total. The molecule has 3 heteroatoms. The van der Waals surface area contributed by atoms with Crippen molar-refractivity contribution in [1.82, 2.24) is 0 Å². The Hall–Kier alpha value is -0.243. The summed E-state index contributed by atoms with van der Waals surface area (Å²) in [6, 6.07) is 6.34. The van der Waals surface area contributed by atoms with E-state index in [1.165, 1.54) is 5.56 Å². The van der Waals surface area contributed by atoms with Crippen LogP contribution in [0.1, 0.15) is 36.1 Å². The fourth-order valence-electron chi connectivity index (χ4n) is 1.61. The second kappa shape index (κ2) is 5.90. The van der Waals surface area contributed by atoms with Crippen LogP contribution in [0, 0.1) is 0 Å². The molecule has 1 atom stereocenters. The molecule has 0 saturated heterocycles. The van der Waals surface area contributed by atoms with Gasteiger partial charge in [-0.2, -0.15) is 0 Å². The lowest BCUT2D eigenvalue weighted by Gasteiger charge is -2.18. The lowest BCUT2D eigenvalue weighted by atomic mass is 9.96. The van der Waals surface area contributed by atoms with E-state index >= 15 is 0 Å². The van der Waals surface area contributed by atoms with E-state index in [9.17, 15) is 0 Å². The zero-order valence-electron chi connectivity index (χ0n) is 9.56. The van der Waals surface area contributed by atoms with Crippen molar-refractivity contribution in [2.24, 2.45) is 0 Å². The second-order valence-electron chi connectivity index (χ2n) is 3.87. The van der Waals surface area contributed by atoms with E-state index < -0.39 is 4.84 Å². The SMILES string of the molecule is C=C(C)c1ccc(CC)cc1C([Si])C(Cl)Cl. The van der Waals surface area contributed by atoms with E-state index in [4.69, 9.17) is 23.2 Å². The number of halogens is 2. The smallest absolute Gasteiger partial charge is 0.105 e. The maximum Gasteiger partial charge on any atom is 0.111 e. The number of allylic oxidation sites excluding steroid dienone is 1. The maximum atomic E-state index is 5.92. The summed E-state index contributed by atoms with van der Waals surface area (Å²) in [6.07, 6.45) is 0.998. The first-order chi connectivity index (χ1) is 7.47. The molecule has 1 aromatic carbocycles. The number of benzene rings is 1. The molecule has 1 rings (SSSR count). The molecular formula is C13H15Cl2Si. The maximum absolute atomic E-state index is 5.92. The Kier molecular flexibility index (Phi) is 5.10. The standard InChI is InChI=1S/C13H15Cl2Si/c1-4-9-5-6-10(8(2)3)11(7-9)12(16)13(14)15/h5-7,12-13H,2,4H2,1,3H3. The summed E-state index contributed by atoms with van der Waals surface area (Å²) in [7, 11) is 3.58. The second-order valence-corrected chi connectivity index (χ2v) is 5.65. The lowest BCUT2D eigenvalue weighted by molar-refractivity contribution is 1.01. The number of aryl methyl sites for hydroxylation is 1. The molecule has 0 aliphatic carbocycles. The van der Waals surface area contributed by atoms with Gasteiger partial charge in [-0.3, -0.25) is 0 Å².